The fourth-order valence-corrected chi connectivity index (χ4v) is 0. The largest absolute Gasteiger partial charge is 0.103 e. The second-order valence-corrected chi connectivity index (χ2v) is 1.87. The van der Waals surface area contributed by atoms with Crippen molar-refractivity contribution in [2.24, 2.45) is 0 Å². The third-order valence-electron chi connectivity index (χ3n) is 0.744. The van der Waals surface area contributed by atoms with E-state index in [1.54, 1.807) is 12.2 Å². The van der Waals surface area contributed by atoms with Gasteiger partial charge in [0, 0.05) is 0 Å². The van der Waals surface area contributed by atoms with Crippen LogP contribution in [0.4, 0.5) is 0 Å². The van der Waals surface area contributed by atoms with Crippen LogP contribution in [0.5, 0.6) is 0 Å². The molecule has 0 aromatic carbocycles. The molecule has 0 saturated heterocycles. The highest BCUT2D eigenvalue weighted by Gasteiger charge is 1.45. The molecule has 0 bridgehead atoms. The monoisotopic (exact) mass is 346 g/mol. The first-order valence-corrected chi connectivity index (χ1v) is 10.2. The van der Waals surface area contributed by atoms with Crippen LogP contribution in [0.2, 0.25) is 0 Å². The molecule has 0 saturated carbocycles. The van der Waals surface area contributed by atoms with Gasteiger partial charge in [-0.05, 0) is 12.8 Å². The van der Waals surface area contributed by atoms with E-state index in [0.717, 1.165) is 12.8 Å². The SMILES string of the molecule is C=CC=C.C=CCC.C=CCC.CC.CC.CC.CC.CC.CC. The van der Waals surface area contributed by atoms with Gasteiger partial charge in [-0.2, -0.15) is 0 Å². The van der Waals surface area contributed by atoms with Gasteiger partial charge in [0.05, 0.1) is 0 Å². The topological polar surface area (TPSA) is 0 Å². The highest BCUT2D eigenvalue weighted by molar-refractivity contribution is 4.88. The average molecular weight is 347 g/mol. The lowest BCUT2D eigenvalue weighted by Crippen LogP contribution is -1.36. The molecule has 154 valence electrons. The Morgan fingerprint density at radius 2 is 0.500 bits per heavy atom. The summed E-state index contributed by atoms with van der Waals surface area (Å²) in [6.07, 6.45) is 9.19. The molecule has 0 spiro atoms. The molecule has 0 aromatic heterocycles. The zero-order chi connectivity index (χ0) is 22.2. The van der Waals surface area contributed by atoms with Crippen molar-refractivity contribution in [1.29, 1.82) is 0 Å². The van der Waals surface area contributed by atoms with Gasteiger partial charge in [-0.1, -0.05) is 134 Å². The van der Waals surface area contributed by atoms with Gasteiger partial charge in [-0.3, -0.25) is 0 Å². The van der Waals surface area contributed by atoms with Crippen molar-refractivity contribution in [3.05, 3.63) is 50.6 Å². The lowest BCUT2D eigenvalue weighted by Gasteiger charge is -1.57. The van der Waals surface area contributed by atoms with Crippen molar-refractivity contribution in [3.8, 4) is 0 Å². The molecule has 0 fully saturated rings. The molecule has 0 aliphatic rings. The summed E-state index contributed by atoms with van der Waals surface area (Å²) in [4.78, 5) is 0. The molecule has 0 nitrogen and oxygen atoms in total. The summed E-state index contributed by atoms with van der Waals surface area (Å²) in [5.41, 5.74) is 0. The number of allylic oxidation sites excluding steroid dienone is 4. The first-order chi connectivity index (χ1) is 11.7. The van der Waals surface area contributed by atoms with Crippen molar-refractivity contribution < 1.29 is 0 Å². The number of hydrogen-bond donors (Lipinski definition) is 0. The first-order valence-electron chi connectivity index (χ1n) is 10.2. The Bertz CT molecular complexity index is 84.6. The molecule has 0 aliphatic carbocycles. The second-order valence-electron chi connectivity index (χ2n) is 1.87. The predicted octanol–water partition coefficient (Wildman–Crippen LogP) is 10.7. The van der Waals surface area contributed by atoms with E-state index in [-0.39, 0.29) is 0 Å². The summed E-state index contributed by atoms with van der Waals surface area (Å²) in [6.45, 7) is 41.8. The summed E-state index contributed by atoms with van der Waals surface area (Å²) < 4.78 is 0. The van der Waals surface area contributed by atoms with Gasteiger partial charge in [0.1, 0.15) is 0 Å². The van der Waals surface area contributed by atoms with Crippen molar-refractivity contribution in [2.45, 2.75) is 110 Å². The molecule has 0 aliphatic heterocycles. The molecule has 24 heavy (non-hydrogen) atoms. The van der Waals surface area contributed by atoms with E-state index in [1.165, 1.54) is 0 Å². The lowest BCUT2D eigenvalue weighted by molar-refractivity contribution is 1.23. The zero-order valence-corrected chi connectivity index (χ0v) is 20.6. The van der Waals surface area contributed by atoms with E-state index in [0.29, 0.717) is 0 Å². The van der Waals surface area contributed by atoms with Crippen LogP contribution in [-0.2, 0) is 0 Å². The molecule has 0 N–H and O–H groups in total. The summed E-state index contributed by atoms with van der Waals surface area (Å²) in [6, 6.07) is 0. The van der Waals surface area contributed by atoms with E-state index in [9.17, 15) is 0 Å². The third kappa shape index (κ3) is 2170. The lowest BCUT2D eigenvalue weighted by atomic mass is 10.5. The van der Waals surface area contributed by atoms with Crippen molar-refractivity contribution in [1.82, 2.24) is 0 Å². The van der Waals surface area contributed by atoms with Gasteiger partial charge in [0.25, 0.3) is 0 Å². The minimum atomic E-state index is 1.08. The Hall–Kier alpha value is -1.04. The smallest absolute Gasteiger partial charge is 0.0382 e. The molecule has 0 rings (SSSR count). The highest BCUT2D eigenvalue weighted by atomic mass is 13.5. The molecule has 0 aromatic rings. The zero-order valence-electron chi connectivity index (χ0n) is 20.6. The standard InChI is InChI=1S/2C4H8.C4H6.6C2H6/c3*1-3-4-2;6*1-2/h2*3H,1,4H2,2H3;3-4H,1-2H2;6*1-2H3. The maximum absolute atomic E-state index is 3.48. The first kappa shape index (κ1) is 56.8. The molecular formula is C24H58. The fraction of sp³-hybridized carbons (Fsp3) is 0.667. The molecular weight excluding hydrogens is 288 g/mol. The summed E-state index contributed by atoms with van der Waals surface area (Å²) in [5, 5.41) is 0. The molecule has 0 amide bonds. The van der Waals surface area contributed by atoms with Gasteiger partial charge in [0.15, 0.2) is 0 Å². The van der Waals surface area contributed by atoms with Crippen LogP contribution in [0.3, 0.4) is 0 Å². The van der Waals surface area contributed by atoms with Crippen LogP contribution < -0.4 is 0 Å². The van der Waals surface area contributed by atoms with E-state index < -0.39 is 0 Å². The Balaban J connectivity index is -0.0000000155. The van der Waals surface area contributed by atoms with E-state index >= 15 is 0 Å². The fourth-order valence-electron chi connectivity index (χ4n) is 0. The van der Waals surface area contributed by atoms with E-state index in [1.807, 2.05) is 95.2 Å². The summed E-state index contributed by atoms with van der Waals surface area (Å²) in [5.74, 6) is 0. The maximum Gasteiger partial charge on any atom is -0.0382 e. The van der Waals surface area contributed by atoms with Gasteiger partial charge >= 0.3 is 0 Å². The Labute approximate surface area is 160 Å². The van der Waals surface area contributed by atoms with Crippen molar-refractivity contribution in [3.63, 3.8) is 0 Å². The highest BCUT2D eigenvalue weighted by Crippen LogP contribution is 1.66. The van der Waals surface area contributed by atoms with Crippen molar-refractivity contribution in [2.75, 3.05) is 0 Å². The van der Waals surface area contributed by atoms with Gasteiger partial charge in [-0.25, -0.2) is 0 Å². The third-order valence-corrected chi connectivity index (χ3v) is 0.744. The number of rotatable bonds is 3. The normalized spacial score (nSPS) is 4.42. The summed E-state index contributed by atoms with van der Waals surface area (Å²) >= 11 is 0. The number of hydrogen-bond acceptors (Lipinski definition) is 0. The summed E-state index contributed by atoms with van der Waals surface area (Å²) in [7, 11) is 0. The van der Waals surface area contributed by atoms with Gasteiger partial charge in [-0.15, -0.1) is 13.2 Å². The molecule has 0 heteroatoms. The van der Waals surface area contributed by atoms with Crippen LogP contribution >= 0.6 is 0 Å². The Morgan fingerprint density at radius 1 is 0.417 bits per heavy atom. The van der Waals surface area contributed by atoms with Crippen LogP contribution in [0.25, 0.3) is 0 Å². The van der Waals surface area contributed by atoms with Gasteiger partial charge < -0.3 is 0 Å². The quantitative estimate of drug-likeness (QED) is 0.352. The van der Waals surface area contributed by atoms with Crippen molar-refractivity contribution >= 4 is 0 Å². The predicted molar refractivity (Wildman–Crippen MR) is 129 cm³/mol. The molecule has 0 atom stereocenters. The second kappa shape index (κ2) is 392. The van der Waals surface area contributed by atoms with Crippen LogP contribution in [0.15, 0.2) is 50.6 Å². The Kier molecular flexibility index (Phi) is 928. The van der Waals surface area contributed by atoms with E-state index in [2.05, 4.69) is 40.2 Å². The molecule has 0 unspecified atom stereocenters. The minimum absolute atomic E-state index is 1.08. The van der Waals surface area contributed by atoms with Crippen LogP contribution in [0, 0.1) is 0 Å². The average Bonchev–Trinajstić information content (AvgIpc) is 2.76. The van der Waals surface area contributed by atoms with Gasteiger partial charge in [0.2, 0.25) is 0 Å². The van der Waals surface area contributed by atoms with E-state index in [4.69, 9.17) is 0 Å². The molecule has 0 radical (unpaired) electrons. The maximum atomic E-state index is 3.48. The molecule has 0 heterocycles. The van der Waals surface area contributed by atoms with Crippen LogP contribution in [-0.4, -0.2) is 0 Å². The van der Waals surface area contributed by atoms with Crippen LogP contribution in [0.1, 0.15) is 110 Å². The minimum Gasteiger partial charge on any atom is -0.103 e. The Morgan fingerprint density at radius 3 is 0.500 bits per heavy atom.